The molecule has 0 saturated heterocycles. The fourth-order valence-electron chi connectivity index (χ4n) is 5.09. The fourth-order valence-corrected chi connectivity index (χ4v) is 6.39. The topological polar surface area (TPSA) is 66.5 Å². The number of rotatable bonds is 4. The van der Waals surface area contributed by atoms with E-state index in [1.165, 1.54) is 5.56 Å². The summed E-state index contributed by atoms with van der Waals surface area (Å²) in [5.41, 5.74) is 4.13. The molecule has 2 atom stereocenters. The van der Waals surface area contributed by atoms with E-state index in [1.807, 2.05) is 36.1 Å². The lowest BCUT2D eigenvalue weighted by Gasteiger charge is -2.32. The summed E-state index contributed by atoms with van der Waals surface area (Å²) in [4.78, 5) is 15.0. The van der Waals surface area contributed by atoms with E-state index in [0.29, 0.717) is 6.42 Å². The average Bonchev–Trinajstić information content (AvgIpc) is 3.01. The van der Waals surface area contributed by atoms with Gasteiger partial charge < -0.3 is 4.90 Å². The molecule has 3 aliphatic rings. The molecule has 1 N–H and O–H groups in total. The number of hydrogen-bond donors (Lipinski definition) is 1. The van der Waals surface area contributed by atoms with Crippen molar-refractivity contribution in [2.45, 2.75) is 68.8 Å². The summed E-state index contributed by atoms with van der Waals surface area (Å²) in [6, 6.07) is 13.2. The minimum atomic E-state index is -3.64. The van der Waals surface area contributed by atoms with Gasteiger partial charge in [0, 0.05) is 23.7 Å². The van der Waals surface area contributed by atoms with Gasteiger partial charge >= 0.3 is 0 Å². The van der Waals surface area contributed by atoms with Gasteiger partial charge in [0.2, 0.25) is 15.9 Å². The summed E-state index contributed by atoms with van der Waals surface area (Å²) in [7, 11) is -3.64. The van der Waals surface area contributed by atoms with E-state index >= 15 is 0 Å². The van der Waals surface area contributed by atoms with Gasteiger partial charge in [-0.2, -0.15) is 0 Å². The Balaban J connectivity index is 1.40. The molecular weight excluding hydrogens is 396 g/mol. The minimum absolute atomic E-state index is 0.0734. The highest BCUT2D eigenvalue weighted by Gasteiger charge is 2.37. The van der Waals surface area contributed by atoms with E-state index in [1.54, 1.807) is 12.1 Å². The first-order chi connectivity index (χ1) is 14.4. The first-order valence-electron chi connectivity index (χ1n) is 11.0. The third kappa shape index (κ3) is 3.36. The summed E-state index contributed by atoms with van der Waals surface area (Å²) >= 11 is 0. The van der Waals surface area contributed by atoms with E-state index in [4.69, 9.17) is 0 Å². The van der Waals surface area contributed by atoms with Crippen LogP contribution in [-0.2, 0) is 27.7 Å². The number of sulfonamides is 1. The minimum Gasteiger partial charge on any atom is -0.309 e. The number of carbonyl (C=O) groups is 1. The van der Waals surface area contributed by atoms with Gasteiger partial charge in [0.05, 0.1) is 4.90 Å². The van der Waals surface area contributed by atoms with E-state index < -0.39 is 10.0 Å². The maximum absolute atomic E-state index is 13.2. The molecule has 5 nitrogen and oxygen atoms in total. The summed E-state index contributed by atoms with van der Waals surface area (Å²) < 4.78 is 29.3. The van der Waals surface area contributed by atoms with Crippen molar-refractivity contribution >= 4 is 21.6 Å². The molecule has 2 aliphatic carbocycles. The molecular formula is C24H28N2O3S. The standard InChI is InChI=1S/C24H28N2O3S/c1-16-14-19-15-20(12-13-23(19)26(16)24(27)18-8-4-9-18)30(28,29)25-22-11-5-7-17-6-2-3-10-21(17)22/h2-3,6,10,12-13,15-16,18,22,25H,4-5,7-9,11,14H2,1H3/t16-,22+/m1/s1. The second-order valence-electron chi connectivity index (χ2n) is 8.94. The lowest BCUT2D eigenvalue weighted by molar-refractivity contribution is -0.125. The number of anilines is 1. The van der Waals surface area contributed by atoms with Gasteiger partial charge in [-0.05, 0) is 80.3 Å². The number of nitrogens with zero attached hydrogens (tertiary/aromatic N) is 1. The first-order valence-corrected chi connectivity index (χ1v) is 12.5. The van der Waals surface area contributed by atoms with Crippen LogP contribution in [0.5, 0.6) is 0 Å². The van der Waals surface area contributed by atoms with Gasteiger partial charge in [-0.1, -0.05) is 30.7 Å². The Morgan fingerprint density at radius 1 is 1.03 bits per heavy atom. The summed E-state index contributed by atoms with van der Waals surface area (Å²) in [6.45, 7) is 2.04. The SMILES string of the molecule is C[C@@H]1Cc2cc(S(=O)(=O)N[C@H]3CCCc4ccccc43)ccc2N1C(=O)C1CCC1. The van der Waals surface area contributed by atoms with Crippen LogP contribution in [0.25, 0.3) is 0 Å². The number of aryl methyl sites for hydroxylation is 1. The molecule has 1 aliphatic heterocycles. The third-order valence-electron chi connectivity index (χ3n) is 6.94. The summed E-state index contributed by atoms with van der Waals surface area (Å²) in [6.07, 6.45) is 6.54. The van der Waals surface area contributed by atoms with Crippen molar-refractivity contribution in [2.24, 2.45) is 5.92 Å². The number of benzene rings is 2. The third-order valence-corrected chi connectivity index (χ3v) is 8.40. The predicted molar refractivity (Wildman–Crippen MR) is 117 cm³/mol. The van der Waals surface area contributed by atoms with Crippen molar-refractivity contribution in [3.8, 4) is 0 Å². The lowest BCUT2D eigenvalue weighted by atomic mass is 9.84. The molecule has 0 bridgehead atoms. The van der Waals surface area contributed by atoms with Crippen molar-refractivity contribution in [3.63, 3.8) is 0 Å². The van der Waals surface area contributed by atoms with Crippen LogP contribution in [0.4, 0.5) is 5.69 Å². The normalized spacial score (nSPS) is 23.6. The van der Waals surface area contributed by atoms with Crippen LogP contribution < -0.4 is 9.62 Å². The summed E-state index contributed by atoms with van der Waals surface area (Å²) in [5, 5.41) is 0. The first kappa shape index (κ1) is 19.8. The van der Waals surface area contributed by atoms with Gasteiger partial charge in [-0.25, -0.2) is 13.1 Å². The Hall–Kier alpha value is -2.18. The zero-order valence-electron chi connectivity index (χ0n) is 17.3. The highest BCUT2D eigenvalue weighted by Crippen LogP contribution is 2.38. The number of carbonyl (C=O) groups excluding carboxylic acids is 1. The van der Waals surface area contributed by atoms with Crippen LogP contribution in [0.3, 0.4) is 0 Å². The highest BCUT2D eigenvalue weighted by atomic mass is 32.2. The molecule has 30 heavy (non-hydrogen) atoms. The lowest BCUT2D eigenvalue weighted by Crippen LogP contribution is -2.42. The van der Waals surface area contributed by atoms with Gasteiger partial charge in [0.15, 0.2) is 0 Å². The molecule has 0 spiro atoms. The van der Waals surface area contributed by atoms with Gasteiger partial charge in [-0.15, -0.1) is 0 Å². The van der Waals surface area contributed by atoms with Crippen molar-refractivity contribution in [3.05, 3.63) is 59.2 Å². The van der Waals surface area contributed by atoms with E-state index in [0.717, 1.165) is 55.3 Å². The Bertz CT molecular complexity index is 1090. The molecule has 0 aromatic heterocycles. The molecule has 1 fully saturated rings. The second kappa shape index (κ2) is 7.50. The van der Waals surface area contributed by atoms with Crippen LogP contribution in [0, 0.1) is 5.92 Å². The van der Waals surface area contributed by atoms with Crippen LogP contribution >= 0.6 is 0 Å². The Morgan fingerprint density at radius 2 is 1.83 bits per heavy atom. The van der Waals surface area contributed by atoms with Crippen molar-refractivity contribution < 1.29 is 13.2 Å². The van der Waals surface area contributed by atoms with Crippen molar-refractivity contribution in [1.82, 2.24) is 4.72 Å². The van der Waals surface area contributed by atoms with Gasteiger partial charge in [-0.3, -0.25) is 4.79 Å². The van der Waals surface area contributed by atoms with Crippen molar-refractivity contribution in [1.29, 1.82) is 0 Å². The van der Waals surface area contributed by atoms with E-state index in [-0.39, 0.29) is 28.8 Å². The summed E-state index contributed by atoms with van der Waals surface area (Å²) in [5.74, 6) is 0.329. The fraction of sp³-hybridized carbons (Fsp3) is 0.458. The van der Waals surface area contributed by atoms with Crippen LogP contribution in [0.15, 0.2) is 47.4 Å². The monoisotopic (exact) mass is 424 g/mol. The number of hydrogen-bond acceptors (Lipinski definition) is 3. The van der Waals surface area contributed by atoms with Crippen molar-refractivity contribution in [2.75, 3.05) is 4.90 Å². The van der Waals surface area contributed by atoms with E-state index in [2.05, 4.69) is 10.8 Å². The maximum atomic E-state index is 13.2. The molecule has 158 valence electrons. The second-order valence-corrected chi connectivity index (χ2v) is 10.7. The largest absolute Gasteiger partial charge is 0.309 e. The molecule has 2 aromatic carbocycles. The zero-order chi connectivity index (χ0) is 20.9. The zero-order valence-corrected chi connectivity index (χ0v) is 18.1. The van der Waals surface area contributed by atoms with Crippen LogP contribution in [-0.4, -0.2) is 20.4 Å². The number of nitrogens with one attached hydrogen (secondary N) is 1. The van der Waals surface area contributed by atoms with Gasteiger partial charge in [0.1, 0.15) is 0 Å². The molecule has 2 aromatic rings. The molecule has 1 heterocycles. The molecule has 5 rings (SSSR count). The maximum Gasteiger partial charge on any atom is 0.241 e. The van der Waals surface area contributed by atoms with Crippen LogP contribution in [0.2, 0.25) is 0 Å². The van der Waals surface area contributed by atoms with E-state index in [9.17, 15) is 13.2 Å². The predicted octanol–water partition coefficient (Wildman–Crippen LogP) is 4.12. The number of fused-ring (bicyclic) bond motifs is 2. The molecule has 6 heteroatoms. The molecule has 1 amide bonds. The van der Waals surface area contributed by atoms with Gasteiger partial charge in [0.25, 0.3) is 0 Å². The Labute approximate surface area is 178 Å². The molecule has 0 unspecified atom stereocenters. The molecule has 1 saturated carbocycles. The highest BCUT2D eigenvalue weighted by molar-refractivity contribution is 7.89. The Morgan fingerprint density at radius 3 is 2.60 bits per heavy atom. The Kier molecular flexibility index (Phi) is 4.94. The molecule has 0 radical (unpaired) electrons. The average molecular weight is 425 g/mol. The quantitative estimate of drug-likeness (QED) is 0.803. The van der Waals surface area contributed by atoms with Crippen LogP contribution in [0.1, 0.15) is 61.8 Å². The number of amides is 1. The smallest absolute Gasteiger partial charge is 0.241 e.